The molecule has 0 saturated carbocycles. The Balaban J connectivity index is 2.16. The highest BCUT2D eigenvalue weighted by Crippen LogP contribution is 2.13. The van der Waals surface area contributed by atoms with Gasteiger partial charge in [0.15, 0.2) is 17.2 Å². The summed E-state index contributed by atoms with van der Waals surface area (Å²) in [6, 6.07) is 1.47. The van der Waals surface area contributed by atoms with Crippen LogP contribution < -0.4 is 11.4 Å². The van der Waals surface area contributed by atoms with E-state index in [0.717, 1.165) is 0 Å². The van der Waals surface area contributed by atoms with Crippen LogP contribution in [0.2, 0.25) is 0 Å². The fourth-order valence-corrected chi connectivity index (χ4v) is 1.60. The maximum Gasteiger partial charge on any atom is 0.358 e. The first-order valence-corrected chi connectivity index (χ1v) is 5.08. The van der Waals surface area contributed by atoms with E-state index >= 15 is 0 Å². The normalized spacial score (nSPS) is 10.9. The van der Waals surface area contributed by atoms with Crippen LogP contribution in [0.1, 0.15) is 10.5 Å². The van der Waals surface area contributed by atoms with Gasteiger partial charge in [0.1, 0.15) is 6.33 Å². The Hall–Kier alpha value is -3.17. The Labute approximate surface area is 104 Å². The summed E-state index contributed by atoms with van der Waals surface area (Å²) in [4.78, 5) is 26.1. The number of anilines is 1. The van der Waals surface area contributed by atoms with E-state index in [-0.39, 0.29) is 11.4 Å². The van der Waals surface area contributed by atoms with Crippen molar-refractivity contribution in [3.05, 3.63) is 34.8 Å². The number of hydrogen-bond acceptors (Lipinski definition) is 6. The maximum absolute atomic E-state index is 11.3. The topological polar surface area (TPSA) is 144 Å². The van der Waals surface area contributed by atoms with Gasteiger partial charge >= 0.3 is 11.7 Å². The number of fused-ring (bicyclic) bond motifs is 1. The molecule has 3 rings (SSSR count). The van der Waals surface area contributed by atoms with Crippen LogP contribution in [0.3, 0.4) is 0 Å². The number of carboxylic acids is 1. The molecule has 0 bridgehead atoms. The summed E-state index contributed by atoms with van der Waals surface area (Å²) >= 11 is 0. The first-order chi connectivity index (χ1) is 9.06. The van der Waals surface area contributed by atoms with Crippen LogP contribution in [0.25, 0.3) is 11.5 Å². The van der Waals surface area contributed by atoms with E-state index in [2.05, 4.69) is 20.3 Å². The van der Waals surface area contributed by atoms with Crippen molar-refractivity contribution in [1.82, 2.24) is 29.4 Å². The minimum Gasteiger partial charge on any atom is -0.476 e. The van der Waals surface area contributed by atoms with Crippen LogP contribution in [0.4, 0.5) is 5.69 Å². The van der Waals surface area contributed by atoms with Gasteiger partial charge in [0, 0.05) is 6.07 Å². The number of H-pyrrole nitrogens is 1. The van der Waals surface area contributed by atoms with Crippen LogP contribution in [0.5, 0.6) is 0 Å². The molecule has 3 heterocycles. The zero-order chi connectivity index (χ0) is 13.6. The molecule has 3 aromatic rings. The zero-order valence-corrected chi connectivity index (χ0v) is 9.31. The van der Waals surface area contributed by atoms with Crippen molar-refractivity contribution in [3.63, 3.8) is 0 Å². The summed E-state index contributed by atoms with van der Waals surface area (Å²) in [6.07, 6.45) is 2.59. The van der Waals surface area contributed by atoms with Crippen molar-refractivity contribution in [1.29, 1.82) is 0 Å². The average Bonchev–Trinajstić information content (AvgIpc) is 2.93. The molecule has 0 unspecified atom stereocenters. The lowest BCUT2D eigenvalue weighted by atomic mass is 10.4. The predicted octanol–water partition coefficient (Wildman–Crippen LogP) is -1.12. The second-order valence-electron chi connectivity index (χ2n) is 3.69. The second-order valence-corrected chi connectivity index (χ2v) is 3.69. The summed E-state index contributed by atoms with van der Waals surface area (Å²) in [5.74, 6) is -0.931. The highest BCUT2D eigenvalue weighted by molar-refractivity contribution is 5.91. The van der Waals surface area contributed by atoms with Crippen molar-refractivity contribution in [2.75, 3.05) is 5.73 Å². The molecule has 0 fully saturated rings. The lowest BCUT2D eigenvalue weighted by Crippen LogP contribution is -2.10. The molecule has 0 spiro atoms. The number of nitrogens with two attached hydrogens (primary N) is 1. The van der Waals surface area contributed by atoms with E-state index in [1.54, 1.807) is 0 Å². The van der Waals surface area contributed by atoms with Crippen molar-refractivity contribution in [3.8, 4) is 5.82 Å². The molecule has 3 aromatic heterocycles. The first kappa shape index (κ1) is 11.0. The Bertz CT molecular complexity index is 843. The Morgan fingerprint density at radius 3 is 2.95 bits per heavy atom. The van der Waals surface area contributed by atoms with Gasteiger partial charge in [0.25, 0.3) is 0 Å². The maximum atomic E-state index is 11.3. The van der Waals surface area contributed by atoms with E-state index in [9.17, 15) is 9.59 Å². The third kappa shape index (κ3) is 1.62. The number of carboxylic acid groups (broad SMARTS) is 1. The number of aromatic nitrogens is 6. The SMILES string of the molecule is Nc1cn(-c2cc3n[nH]c(=O)n3cn2)nc1C(=O)O. The Morgan fingerprint density at radius 2 is 2.26 bits per heavy atom. The molecule has 4 N–H and O–H groups in total. The molecule has 0 radical (unpaired) electrons. The minimum absolute atomic E-state index is 0.0218. The monoisotopic (exact) mass is 261 g/mol. The number of carbonyl (C=O) groups is 1. The summed E-state index contributed by atoms with van der Waals surface area (Å²) in [6.45, 7) is 0. The van der Waals surface area contributed by atoms with Gasteiger partial charge < -0.3 is 10.8 Å². The van der Waals surface area contributed by atoms with Crippen molar-refractivity contribution < 1.29 is 9.90 Å². The highest BCUT2D eigenvalue weighted by Gasteiger charge is 2.15. The van der Waals surface area contributed by atoms with Gasteiger partial charge in [-0.3, -0.25) is 0 Å². The van der Waals surface area contributed by atoms with Gasteiger partial charge in [0.2, 0.25) is 0 Å². The van der Waals surface area contributed by atoms with Crippen LogP contribution in [-0.4, -0.2) is 40.4 Å². The highest BCUT2D eigenvalue weighted by atomic mass is 16.4. The summed E-state index contributed by atoms with van der Waals surface area (Å²) in [5, 5.41) is 18.7. The number of nitrogen functional groups attached to an aromatic ring is 1. The number of aromatic carboxylic acids is 1. The lowest BCUT2D eigenvalue weighted by molar-refractivity contribution is 0.0691. The molecular formula is C9H7N7O3. The van der Waals surface area contributed by atoms with Crippen LogP contribution in [-0.2, 0) is 0 Å². The van der Waals surface area contributed by atoms with Gasteiger partial charge in [-0.1, -0.05) is 0 Å². The second kappa shape index (κ2) is 3.66. The van der Waals surface area contributed by atoms with E-state index in [4.69, 9.17) is 10.8 Å². The molecule has 0 aliphatic carbocycles. The van der Waals surface area contributed by atoms with E-state index < -0.39 is 11.7 Å². The lowest BCUT2D eigenvalue weighted by Gasteiger charge is -1.99. The van der Waals surface area contributed by atoms with Gasteiger partial charge in [-0.2, -0.15) is 10.2 Å². The Kier molecular flexibility index (Phi) is 2.11. The molecule has 19 heavy (non-hydrogen) atoms. The summed E-state index contributed by atoms with van der Waals surface area (Å²) < 4.78 is 2.41. The van der Waals surface area contributed by atoms with Crippen molar-refractivity contribution in [2.45, 2.75) is 0 Å². The molecule has 0 aliphatic rings. The summed E-state index contributed by atoms with van der Waals surface area (Å²) in [5.41, 5.74) is 5.20. The molecule has 0 saturated heterocycles. The van der Waals surface area contributed by atoms with Gasteiger partial charge in [-0.05, 0) is 0 Å². The van der Waals surface area contributed by atoms with Crippen LogP contribution in [0.15, 0.2) is 23.4 Å². The molecular weight excluding hydrogens is 254 g/mol. The Morgan fingerprint density at radius 1 is 1.47 bits per heavy atom. The van der Waals surface area contributed by atoms with Crippen molar-refractivity contribution in [2.24, 2.45) is 0 Å². The number of hydrogen-bond donors (Lipinski definition) is 3. The van der Waals surface area contributed by atoms with E-state index in [0.29, 0.717) is 11.5 Å². The number of rotatable bonds is 2. The molecule has 0 amide bonds. The minimum atomic E-state index is -1.23. The van der Waals surface area contributed by atoms with E-state index in [1.165, 1.54) is 27.7 Å². The standard InChI is InChI=1S/C9H7N7O3/c10-4-2-16(14-7(4)8(17)18)5-1-6-12-13-9(19)15(6)3-11-5/h1-3H,10H2,(H,13,19)(H,17,18). The van der Waals surface area contributed by atoms with Crippen LogP contribution >= 0.6 is 0 Å². The molecule has 0 aromatic carbocycles. The first-order valence-electron chi connectivity index (χ1n) is 5.08. The van der Waals surface area contributed by atoms with E-state index in [1.807, 2.05) is 0 Å². The smallest absolute Gasteiger partial charge is 0.358 e. The molecule has 0 aliphatic heterocycles. The van der Waals surface area contributed by atoms with Crippen LogP contribution in [0, 0.1) is 0 Å². The molecule has 0 atom stereocenters. The third-order valence-corrected chi connectivity index (χ3v) is 2.48. The van der Waals surface area contributed by atoms with Gasteiger partial charge in [0.05, 0.1) is 11.9 Å². The average molecular weight is 261 g/mol. The summed E-state index contributed by atoms with van der Waals surface area (Å²) in [7, 11) is 0. The fraction of sp³-hybridized carbons (Fsp3) is 0. The number of nitrogens with one attached hydrogen (secondary N) is 1. The number of nitrogens with zero attached hydrogens (tertiary/aromatic N) is 5. The van der Waals surface area contributed by atoms with Crippen molar-refractivity contribution >= 4 is 17.3 Å². The molecule has 10 nitrogen and oxygen atoms in total. The quantitative estimate of drug-likeness (QED) is 0.530. The largest absolute Gasteiger partial charge is 0.476 e. The fourth-order valence-electron chi connectivity index (χ4n) is 1.60. The number of aromatic amines is 1. The zero-order valence-electron chi connectivity index (χ0n) is 9.31. The third-order valence-electron chi connectivity index (χ3n) is 2.48. The predicted molar refractivity (Wildman–Crippen MR) is 62.1 cm³/mol. The molecule has 10 heteroatoms. The van der Waals surface area contributed by atoms with Gasteiger partial charge in [-0.25, -0.2) is 28.8 Å². The van der Waals surface area contributed by atoms with Gasteiger partial charge in [-0.15, -0.1) is 0 Å². The molecule has 96 valence electrons.